The third kappa shape index (κ3) is 4.13. The van der Waals surface area contributed by atoms with E-state index in [4.69, 9.17) is 5.41 Å². The summed E-state index contributed by atoms with van der Waals surface area (Å²) in [6.45, 7) is 0.0311. The van der Waals surface area contributed by atoms with Gasteiger partial charge in [0.15, 0.2) is 0 Å². The number of aromatic amines is 1. The number of aliphatic carboxylic acids is 1. The maximum absolute atomic E-state index is 12.0. The van der Waals surface area contributed by atoms with E-state index in [1.807, 2.05) is 0 Å². The van der Waals surface area contributed by atoms with Crippen LogP contribution >= 0.6 is 0 Å². The van der Waals surface area contributed by atoms with Gasteiger partial charge in [-0.1, -0.05) is 18.2 Å². The number of nitrogens with zero attached hydrogens (tertiary/aromatic N) is 1. The molecule has 1 unspecified atom stereocenters. The van der Waals surface area contributed by atoms with Crippen molar-refractivity contribution in [3.05, 3.63) is 54.1 Å². The van der Waals surface area contributed by atoms with Crippen molar-refractivity contribution in [3.8, 4) is 0 Å². The molecule has 0 radical (unpaired) electrons. The van der Waals surface area contributed by atoms with E-state index in [0.29, 0.717) is 5.56 Å². The number of hydrogen-bond acceptors (Lipinski definition) is 5. The number of carboxylic acids is 1. The van der Waals surface area contributed by atoms with Crippen molar-refractivity contribution in [2.24, 2.45) is 5.92 Å². The first kappa shape index (κ1) is 17.1. The highest BCUT2D eigenvalue weighted by atomic mass is 16.4. The van der Waals surface area contributed by atoms with Crippen molar-refractivity contribution in [2.45, 2.75) is 6.42 Å². The first-order chi connectivity index (χ1) is 11.5. The predicted octanol–water partition coefficient (Wildman–Crippen LogP) is 1.13. The standard InChI is InChI=1S/C16H16N4O4/c17-13(14(21)12-8-18-9-20-12)11(16(23)24)6-7-19-15(22)10-4-2-1-3-5-10/h1-5,8-9,11,17H,6-7H2,(H,18,20)(H,19,22)(H,23,24). The zero-order valence-corrected chi connectivity index (χ0v) is 12.7. The summed E-state index contributed by atoms with van der Waals surface area (Å²) in [5.74, 6) is -3.67. The molecule has 0 aliphatic rings. The summed E-state index contributed by atoms with van der Waals surface area (Å²) in [6.07, 6.45) is 2.44. The minimum Gasteiger partial charge on any atom is -0.481 e. The van der Waals surface area contributed by atoms with E-state index >= 15 is 0 Å². The number of aromatic nitrogens is 2. The Hall–Kier alpha value is -3.29. The molecule has 1 heterocycles. The van der Waals surface area contributed by atoms with Gasteiger partial charge in [0.2, 0.25) is 5.78 Å². The molecule has 1 amide bonds. The van der Waals surface area contributed by atoms with Crippen molar-refractivity contribution in [1.82, 2.24) is 15.3 Å². The molecule has 4 N–H and O–H groups in total. The summed E-state index contributed by atoms with van der Waals surface area (Å²) in [5, 5.41) is 19.6. The lowest BCUT2D eigenvalue weighted by molar-refractivity contribution is -0.139. The van der Waals surface area contributed by atoms with Crippen LogP contribution in [0.3, 0.4) is 0 Å². The van der Waals surface area contributed by atoms with E-state index in [2.05, 4.69) is 15.3 Å². The number of carbonyl (C=O) groups is 3. The molecule has 0 fully saturated rings. The molecule has 1 atom stereocenters. The van der Waals surface area contributed by atoms with Crippen molar-refractivity contribution >= 4 is 23.4 Å². The molecule has 0 spiro atoms. The highest BCUT2D eigenvalue weighted by Crippen LogP contribution is 2.10. The lowest BCUT2D eigenvalue weighted by Crippen LogP contribution is -2.34. The molecule has 2 rings (SSSR count). The van der Waals surface area contributed by atoms with E-state index in [0.717, 1.165) is 0 Å². The zero-order valence-electron chi connectivity index (χ0n) is 12.7. The van der Waals surface area contributed by atoms with E-state index in [1.165, 1.54) is 12.5 Å². The van der Waals surface area contributed by atoms with Gasteiger partial charge in [-0.25, -0.2) is 4.98 Å². The van der Waals surface area contributed by atoms with Crippen molar-refractivity contribution < 1.29 is 19.5 Å². The number of nitrogens with one attached hydrogen (secondary N) is 3. The van der Waals surface area contributed by atoms with E-state index in [9.17, 15) is 19.5 Å². The second kappa shape index (κ2) is 7.82. The molecule has 0 aliphatic heterocycles. The molecule has 0 bridgehead atoms. The van der Waals surface area contributed by atoms with Crippen LogP contribution in [-0.2, 0) is 4.79 Å². The number of Topliss-reactive ketones (excluding diaryl/α,β-unsaturated/α-hetero) is 1. The Balaban J connectivity index is 1.94. The van der Waals surface area contributed by atoms with Crippen molar-refractivity contribution in [3.63, 3.8) is 0 Å². The van der Waals surface area contributed by atoms with Gasteiger partial charge in [0.25, 0.3) is 5.91 Å². The monoisotopic (exact) mass is 328 g/mol. The average Bonchev–Trinajstić information content (AvgIpc) is 3.12. The Kier molecular flexibility index (Phi) is 5.56. The van der Waals surface area contributed by atoms with Gasteiger partial charge in [-0.05, 0) is 18.6 Å². The van der Waals surface area contributed by atoms with Gasteiger partial charge in [0.05, 0.1) is 18.2 Å². The maximum atomic E-state index is 12.0. The van der Waals surface area contributed by atoms with Gasteiger partial charge >= 0.3 is 5.97 Å². The van der Waals surface area contributed by atoms with Crippen molar-refractivity contribution in [2.75, 3.05) is 6.54 Å². The Labute approximate surface area is 137 Å². The highest BCUT2D eigenvalue weighted by molar-refractivity contribution is 6.47. The fraction of sp³-hybridized carbons (Fsp3) is 0.188. The molecular weight excluding hydrogens is 312 g/mol. The lowest BCUT2D eigenvalue weighted by atomic mass is 9.95. The van der Waals surface area contributed by atoms with E-state index in [-0.39, 0.29) is 24.6 Å². The summed E-state index contributed by atoms with van der Waals surface area (Å²) in [6, 6.07) is 8.47. The van der Waals surface area contributed by atoms with Crippen LogP contribution in [0.2, 0.25) is 0 Å². The number of carboxylic acid groups (broad SMARTS) is 1. The van der Waals surface area contributed by atoms with Crippen LogP contribution in [0, 0.1) is 11.3 Å². The van der Waals surface area contributed by atoms with Crippen LogP contribution in [-0.4, -0.2) is 45.0 Å². The van der Waals surface area contributed by atoms with Crippen LogP contribution in [0.4, 0.5) is 0 Å². The molecular formula is C16H16N4O4. The quantitative estimate of drug-likeness (QED) is 0.425. The topological polar surface area (TPSA) is 136 Å². The minimum absolute atomic E-state index is 0.0311. The first-order valence-electron chi connectivity index (χ1n) is 7.18. The third-order valence-electron chi connectivity index (χ3n) is 3.39. The summed E-state index contributed by atoms with van der Waals surface area (Å²) >= 11 is 0. The molecule has 2 aromatic rings. The van der Waals surface area contributed by atoms with Crippen LogP contribution in [0.25, 0.3) is 0 Å². The Morgan fingerprint density at radius 1 is 1.25 bits per heavy atom. The van der Waals surface area contributed by atoms with E-state index in [1.54, 1.807) is 30.3 Å². The first-order valence-corrected chi connectivity index (χ1v) is 7.18. The Morgan fingerprint density at radius 3 is 2.54 bits per heavy atom. The number of H-pyrrole nitrogens is 1. The summed E-state index contributed by atoms with van der Waals surface area (Å²) in [7, 11) is 0. The normalized spacial score (nSPS) is 11.5. The molecule has 1 aromatic carbocycles. The molecule has 0 aliphatic carbocycles. The zero-order chi connectivity index (χ0) is 17.5. The van der Waals surface area contributed by atoms with Crippen LogP contribution in [0.1, 0.15) is 27.3 Å². The predicted molar refractivity (Wildman–Crippen MR) is 85.2 cm³/mol. The van der Waals surface area contributed by atoms with Gasteiger partial charge < -0.3 is 20.8 Å². The smallest absolute Gasteiger partial charge is 0.312 e. The lowest BCUT2D eigenvalue weighted by Gasteiger charge is -2.13. The number of carbonyl (C=O) groups excluding carboxylic acids is 2. The number of benzene rings is 1. The fourth-order valence-corrected chi connectivity index (χ4v) is 2.10. The van der Waals surface area contributed by atoms with Crippen LogP contribution in [0.5, 0.6) is 0 Å². The fourth-order valence-electron chi connectivity index (χ4n) is 2.10. The SMILES string of the molecule is N=C(C(=O)c1cnc[nH]1)C(CCNC(=O)c1ccccc1)C(=O)O. The Morgan fingerprint density at radius 2 is 1.96 bits per heavy atom. The van der Waals surface area contributed by atoms with Gasteiger partial charge in [-0.3, -0.25) is 14.4 Å². The summed E-state index contributed by atoms with van der Waals surface area (Å²) in [4.78, 5) is 41.5. The Bertz CT molecular complexity index is 741. The molecule has 8 nitrogen and oxygen atoms in total. The number of imidazole rings is 1. The highest BCUT2D eigenvalue weighted by Gasteiger charge is 2.29. The molecule has 124 valence electrons. The van der Waals surface area contributed by atoms with Gasteiger partial charge in [0.1, 0.15) is 11.6 Å². The second-order valence-corrected chi connectivity index (χ2v) is 5.01. The molecule has 1 aromatic heterocycles. The average molecular weight is 328 g/mol. The molecule has 0 saturated carbocycles. The van der Waals surface area contributed by atoms with Gasteiger partial charge in [-0.15, -0.1) is 0 Å². The van der Waals surface area contributed by atoms with Gasteiger partial charge in [-0.2, -0.15) is 0 Å². The summed E-state index contributed by atoms with van der Waals surface area (Å²) < 4.78 is 0. The van der Waals surface area contributed by atoms with Crippen LogP contribution < -0.4 is 5.32 Å². The minimum atomic E-state index is -1.31. The number of hydrogen-bond donors (Lipinski definition) is 4. The molecule has 24 heavy (non-hydrogen) atoms. The number of rotatable bonds is 8. The van der Waals surface area contributed by atoms with Crippen molar-refractivity contribution in [1.29, 1.82) is 5.41 Å². The number of amides is 1. The summed E-state index contributed by atoms with van der Waals surface area (Å²) in [5.41, 5.74) is -0.0479. The number of ketones is 1. The second-order valence-electron chi connectivity index (χ2n) is 5.01. The third-order valence-corrected chi connectivity index (χ3v) is 3.39. The van der Waals surface area contributed by atoms with Crippen LogP contribution in [0.15, 0.2) is 42.9 Å². The molecule has 0 saturated heterocycles. The van der Waals surface area contributed by atoms with E-state index < -0.39 is 23.4 Å². The maximum Gasteiger partial charge on any atom is 0.312 e. The van der Waals surface area contributed by atoms with Gasteiger partial charge in [0, 0.05) is 12.1 Å². The largest absolute Gasteiger partial charge is 0.481 e. The molecule has 8 heteroatoms.